The minimum atomic E-state index is 0.612. The molecule has 0 unspecified atom stereocenters. The zero-order chi connectivity index (χ0) is 15.5. The smallest absolute Gasteiger partial charge is 0.223 e. The van der Waals surface area contributed by atoms with Crippen molar-refractivity contribution < 1.29 is 4.74 Å². The fraction of sp³-hybridized carbons (Fsp3) is 0.500. The molecule has 0 N–H and O–H groups in total. The second-order valence-electron chi connectivity index (χ2n) is 6.17. The quantitative estimate of drug-likeness (QED) is 0.846. The molecule has 1 aromatic heterocycles. The van der Waals surface area contributed by atoms with Crippen molar-refractivity contribution in [1.82, 2.24) is 9.88 Å². The number of benzene rings is 1. The summed E-state index contributed by atoms with van der Waals surface area (Å²) in [7, 11) is 2.18. The molecule has 1 saturated heterocycles. The molecule has 2 heterocycles. The molecule has 1 aliphatic rings. The molecule has 3 rings (SSSR count). The van der Waals surface area contributed by atoms with Crippen LogP contribution in [0.5, 0.6) is 5.88 Å². The second-order valence-corrected chi connectivity index (χ2v) is 6.58. The minimum absolute atomic E-state index is 0.612. The first kappa shape index (κ1) is 15.6. The summed E-state index contributed by atoms with van der Waals surface area (Å²) in [6, 6.07) is 8.05. The van der Waals surface area contributed by atoms with E-state index in [9.17, 15) is 0 Å². The Morgan fingerprint density at radius 2 is 2.09 bits per heavy atom. The van der Waals surface area contributed by atoms with Crippen molar-refractivity contribution in [3.8, 4) is 5.88 Å². The average Bonchev–Trinajstić information content (AvgIpc) is 2.54. The predicted octanol–water partition coefficient (Wildman–Crippen LogP) is 4.17. The molecule has 2 aromatic rings. The van der Waals surface area contributed by atoms with E-state index in [4.69, 9.17) is 16.3 Å². The van der Waals surface area contributed by atoms with Crippen molar-refractivity contribution in [2.45, 2.75) is 26.2 Å². The van der Waals surface area contributed by atoms with Gasteiger partial charge in [-0.25, -0.2) is 4.98 Å². The van der Waals surface area contributed by atoms with Crippen molar-refractivity contribution in [2.75, 3.05) is 26.7 Å². The fourth-order valence-electron chi connectivity index (χ4n) is 3.00. The van der Waals surface area contributed by atoms with Crippen LogP contribution < -0.4 is 4.74 Å². The number of halogens is 1. The molecule has 3 nitrogen and oxygen atoms in total. The molecular formula is C18H23ClN2O. The van der Waals surface area contributed by atoms with Crippen LogP contribution in [-0.2, 0) is 6.42 Å². The number of nitrogens with zero attached hydrogens (tertiary/aromatic N) is 2. The molecule has 22 heavy (non-hydrogen) atoms. The number of aromatic nitrogens is 1. The van der Waals surface area contributed by atoms with Gasteiger partial charge in [-0.15, -0.1) is 0 Å². The molecule has 0 amide bonds. The summed E-state index contributed by atoms with van der Waals surface area (Å²) < 4.78 is 6.10. The Bertz CT molecular complexity index is 651. The highest BCUT2D eigenvalue weighted by atomic mass is 35.5. The number of hydrogen-bond donors (Lipinski definition) is 0. The van der Waals surface area contributed by atoms with E-state index in [2.05, 4.69) is 36.0 Å². The van der Waals surface area contributed by atoms with E-state index in [1.54, 1.807) is 0 Å². The second kappa shape index (κ2) is 6.84. The van der Waals surface area contributed by atoms with E-state index < -0.39 is 0 Å². The van der Waals surface area contributed by atoms with E-state index in [1.807, 2.05) is 12.1 Å². The molecule has 4 heteroatoms. The Morgan fingerprint density at radius 3 is 2.82 bits per heavy atom. The first-order valence-electron chi connectivity index (χ1n) is 8.07. The van der Waals surface area contributed by atoms with Crippen molar-refractivity contribution in [3.63, 3.8) is 0 Å². The largest absolute Gasteiger partial charge is 0.477 e. The predicted molar refractivity (Wildman–Crippen MR) is 91.8 cm³/mol. The van der Waals surface area contributed by atoms with E-state index in [-0.39, 0.29) is 0 Å². The van der Waals surface area contributed by atoms with Crippen molar-refractivity contribution in [1.29, 1.82) is 0 Å². The maximum atomic E-state index is 6.37. The zero-order valence-electron chi connectivity index (χ0n) is 13.3. The monoisotopic (exact) mass is 318 g/mol. The zero-order valence-corrected chi connectivity index (χ0v) is 14.1. The van der Waals surface area contributed by atoms with E-state index in [0.717, 1.165) is 42.6 Å². The number of piperidine rings is 1. The maximum absolute atomic E-state index is 6.37. The van der Waals surface area contributed by atoms with Gasteiger partial charge in [-0.3, -0.25) is 0 Å². The van der Waals surface area contributed by atoms with Gasteiger partial charge in [-0.1, -0.05) is 30.7 Å². The topological polar surface area (TPSA) is 25.4 Å². The normalized spacial score (nSPS) is 17.0. The van der Waals surface area contributed by atoms with Crippen molar-refractivity contribution in [3.05, 3.63) is 35.0 Å². The lowest BCUT2D eigenvalue weighted by molar-refractivity contribution is 0.158. The molecule has 1 aromatic carbocycles. The Hall–Kier alpha value is -1.32. The minimum Gasteiger partial charge on any atom is -0.477 e. The van der Waals surface area contributed by atoms with Gasteiger partial charge in [-0.2, -0.15) is 0 Å². The number of likely N-dealkylation sites (tertiary alicyclic amines) is 1. The van der Waals surface area contributed by atoms with Crippen LogP contribution in [0.3, 0.4) is 0 Å². The lowest BCUT2D eigenvalue weighted by atomic mass is 9.98. The molecule has 0 radical (unpaired) electrons. The lowest BCUT2D eigenvalue weighted by Gasteiger charge is -2.28. The van der Waals surface area contributed by atoms with E-state index >= 15 is 0 Å². The molecule has 0 bridgehead atoms. The summed E-state index contributed by atoms with van der Waals surface area (Å²) in [5.74, 6) is 1.31. The Balaban J connectivity index is 1.82. The van der Waals surface area contributed by atoms with Crippen LogP contribution in [0.25, 0.3) is 10.8 Å². The van der Waals surface area contributed by atoms with Gasteiger partial charge >= 0.3 is 0 Å². The molecule has 1 aliphatic heterocycles. The summed E-state index contributed by atoms with van der Waals surface area (Å²) in [6.45, 7) is 5.14. The number of aryl methyl sites for hydroxylation is 1. The van der Waals surface area contributed by atoms with Gasteiger partial charge in [0.05, 0.1) is 17.0 Å². The van der Waals surface area contributed by atoms with E-state index in [1.165, 1.54) is 12.8 Å². The first-order chi connectivity index (χ1) is 10.7. The van der Waals surface area contributed by atoms with Gasteiger partial charge in [0.15, 0.2) is 0 Å². The number of rotatable bonds is 4. The van der Waals surface area contributed by atoms with Crippen LogP contribution in [0.2, 0.25) is 5.02 Å². The van der Waals surface area contributed by atoms with Crippen LogP contribution in [0, 0.1) is 5.92 Å². The highest BCUT2D eigenvalue weighted by molar-refractivity contribution is 6.36. The molecule has 0 aliphatic carbocycles. The van der Waals surface area contributed by atoms with Crippen molar-refractivity contribution in [2.24, 2.45) is 5.92 Å². The third-order valence-electron chi connectivity index (χ3n) is 4.48. The van der Waals surface area contributed by atoms with Crippen molar-refractivity contribution >= 4 is 22.4 Å². The van der Waals surface area contributed by atoms with Crippen LogP contribution >= 0.6 is 11.6 Å². The van der Waals surface area contributed by atoms with Gasteiger partial charge in [0.25, 0.3) is 0 Å². The SMILES string of the molecule is CCc1cc2cccc(Cl)c2c(OCC2CCN(C)CC2)n1. The molecule has 0 spiro atoms. The Morgan fingerprint density at radius 1 is 1.32 bits per heavy atom. The molecule has 1 fully saturated rings. The lowest BCUT2D eigenvalue weighted by Crippen LogP contribution is -2.32. The molecular weight excluding hydrogens is 296 g/mol. The number of pyridine rings is 1. The number of ether oxygens (including phenoxy) is 1. The first-order valence-corrected chi connectivity index (χ1v) is 8.44. The van der Waals surface area contributed by atoms with E-state index in [0.29, 0.717) is 16.8 Å². The highest BCUT2D eigenvalue weighted by Gasteiger charge is 2.18. The third-order valence-corrected chi connectivity index (χ3v) is 4.80. The third kappa shape index (κ3) is 3.36. The van der Waals surface area contributed by atoms with Gasteiger partial charge in [0.1, 0.15) is 0 Å². The average molecular weight is 319 g/mol. The summed E-state index contributed by atoms with van der Waals surface area (Å²) in [4.78, 5) is 7.04. The van der Waals surface area contributed by atoms with Gasteiger partial charge in [-0.05, 0) is 62.8 Å². The summed E-state index contributed by atoms with van der Waals surface area (Å²) in [5, 5.41) is 2.76. The number of hydrogen-bond acceptors (Lipinski definition) is 3. The van der Waals surface area contributed by atoms with Gasteiger partial charge in [0, 0.05) is 5.69 Å². The Labute approximate surface area is 137 Å². The van der Waals surface area contributed by atoms with Gasteiger partial charge in [0.2, 0.25) is 5.88 Å². The van der Waals surface area contributed by atoms with Gasteiger partial charge < -0.3 is 9.64 Å². The molecule has 0 saturated carbocycles. The summed E-state index contributed by atoms with van der Waals surface area (Å²) in [6.07, 6.45) is 3.28. The highest BCUT2D eigenvalue weighted by Crippen LogP contribution is 2.32. The molecule has 118 valence electrons. The standard InChI is InChI=1S/C18H23ClN2O/c1-3-15-11-14-5-4-6-16(19)17(14)18(20-15)22-12-13-7-9-21(2)10-8-13/h4-6,11,13H,3,7-10,12H2,1-2H3. The maximum Gasteiger partial charge on any atom is 0.223 e. The van der Waals surface area contributed by atoms with Crippen LogP contribution in [-0.4, -0.2) is 36.6 Å². The van der Waals surface area contributed by atoms with Crippen LogP contribution in [0.4, 0.5) is 0 Å². The van der Waals surface area contributed by atoms with Crippen LogP contribution in [0.1, 0.15) is 25.5 Å². The molecule has 0 atom stereocenters. The van der Waals surface area contributed by atoms with Crippen LogP contribution in [0.15, 0.2) is 24.3 Å². The Kier molecular flexibility index (Phi) is 4.84. The fourth-order valence-corrected chi connectivity index (χ4v) is 3.26. The summed E-state index contributed by atoms with van der Waals surface area (Å²) >= 11 is 6.37. The number of fused-ring (bicyclic) bond motifs is 1. The summed E-state index contributed by atoms with van der Waals surface area (Å²) in [5.41, 5.74) is 1.05.